The van der Waals surface area contributed by atoms with Crippen LogP contribution < -0.4 is 5.73 Å². The summed E-state index contributed by atoms with van der Waals surface area (Å²) in [4.78, 5) is 1.40. The van der Waals surface area contributed by atoms with E-state index in [-0.39, 0.29) is 12.6 Å². The van der Waals surface area contributed by atoms with E-state index in [0.717, 1.165) is 0 Å². The molecule has 0 aromatic carbocycles. The third kappa shape index (κ3) is 3.32. The average molecular weight is 226 g/mol. The molecule has 1 saturated heterocycles. The summed E-state index contributed by atoms with van der Waals surface area (Å²) in [7, 11) is 1.59. The van der Waals surface area contributed by atoms with Gasteiger partial charge in [-0.05, 0) is 12.8 Å². The van der Waals surface area contributed by atoms with Crippen molar-refractivity contribution in [3.63, 3.8) is 0 Å². The number of halogens is 3. The van der Waals surface area contributed by atoms with Crippen LogP contribution in [0.5, 0.6) is 0 Å². The summed E-state index contributed by atoms with van der Waals surface area (Å²) in [5.41, 5.74) is 5.16. The second-order valence-electron chi connectivity index (χ2n) is 3.76. The smallest absolute Gasteiger partial charge is 0.381 e. The predicted octanol–water partition coefficient (Wildman–Crippen LogP) is 0.987. The zero-order valence-electron chi connectivity index (χ0n) is 8.76. The molecule has 0 amide bonds. The van der Waals surface area contributed by atoms with E-state index in [1.807, 2.05) is 0 Å². The van der Waals surface area contributed by atoms with Gasteiger partial charge in [-0.3, -0.25) is 4.90 Å². The Labute approximate surface area is 87.4 Å². The van der Waals surface area contributed by atoms with Crippen LogP contribution in [0, 0.1) is 0 Å². The fraction of sp³-hybridized carbons (Fsp3) is 1.00. The second kappa shape index (κ2) is 5.14. The lowest BCUT2D eigenvalue weighted by atomic mass is 10.1. The fourth-order valence-corrected chi connectivity index (χ4v) is 1.91. The quantitative estimate of drug-likeness (QED) is 0.779. The molecule has 2 N–H and O–H groups in total. The van der Waals surface area contributed by atoms with E-state index in [1.54, 1.807) is 7.11 Å². The summed E-state index contributed by atoms with van der Waals surface area (Å²) in [6, 6.07) is -1.50. The molecule has 15 heavy (non-hydrogen) atoms. The Morgan fingerprint density at radius 2 is 1.93 bits per heavy atom. The van der Waals surface area contributed by atoms with E-state index < -0.39 is 12.2 Å². The standard InChI is InChI=1S/C9H17F3N2O/c1-15-7-2-4-14(5-3-7)8(6-13)9(10,11)12/h7-8H,2-6,13H2,1H3. The highest BCUT2D eigenvalue weighted by atomic mass is 19.4. The highest BCUT2D eigenvalue weighted by molar-refractivity contribution is 4.83. The first-order valence-electron chi connectivity index (χ1n) is 5.02. The molecule has 3 nitrogen and oxygen atoms in total. The maximum absolute atomic E-state index is 12.5. The minimum atomic E-state index is -4.23. The van der Waals surface area contributed by atoms with Crippen LogP contribution in [0.4, 0.5) is 13.2 Å². The summed E-state index contributed by atoms with van der Waals surface area (Å²) < 4.78 is 42.7. The van der Waals surface area contributed by atoms with E-state index >= 15 is 0 Å². The van der Waals surface area contributed by atoms with Crippen molar-refractivity contribution < 1.29 is 17.9 Å². The molecule has 0 bridgehead atoms. The summed E-state index contributed by atoms with van der Waals surface area (Å²) in [5.74, 6) is 0. The summed E-state index contributed by atoms with van der Waals surface area (Å²) in [5, 5.41) is 0. The monoisotopic (exact) mass is 226 g/mol. The van der Waals surface area contributed by atoms with E-state index in [1.165, 1.54) is 4.90 Å². The first-order chi connectivity index (χ1) is 6.99. The summed E-state index contributed by atoms with van der Waals surface area (Å²) in [6.45, 7) is 0.431. The molecule has 1 atom stereocenters. The third-order valence-electron chi connectivity index (χ3n) is 2.85. The number of alkyl halides is 3. The Morgan fingerprint density at radius 1 is 1.40 bits per heavy atom. The summed E-state index contributed by atoms with van der Waals surface area (Å²) >= 11 is 0. The number of likely N-dealkylation sites (tertiary alicyclic amines) is 1. The van der Waals surface area contributed by atoms with Gasteiger partial charge in [0.2, 0.25) is 0 Å². The van der Waals surface area contributed by atoms with E-state index in [9.17, 15) is 13.2 Å². The molecule has 1 unspecified atom stereocenters. The predicted molar refractivity (Wildman–Crippen MR) is 50.5 cm³/mol. The molecule has 0 aromatic rings. The molecular weight excluding hydrogens is 209 g/mol. The number of hydrogen-bond acceptors (Lipinski definition) is 3. The molecule has 0 aromatic heterocycles. The molecular formula is C9H17F3N2O. The van der Waals surface area contributed by atoms with Crippen molar-refractivity contribution in [1.82, 2.24) is 4.90 Å². The van der Waals surface area contributed by atoms with Crippen LogP contribution in [0.1, 0.15) is 12.8 Å². The Balaban J connectivity index is 2.50. The fourth-order valence-electron chi connectivity index (χ4n) is 1.91. The molecule has 1 aliphatic heterocycles. The van der Waals surface area contributed by atoms with Crippen molar-refractivity contribution in [1.29, 1.82) is 0 Å². The molecule has 0 spiro atoms. The summed E-state index contributed by atoms with van der Waals surface area (Å²) in [6.07, 6.45) is -2.85. The number of nitrogens with two attached hydrogens (primary N) is 1. The topological polar surface area (TPSA) is 38.5 Å². The third-order valence-corrected chi connectivity index (χ3v) is 2.85. The first-order valence-corrected chi connectivity index (χ1v) is 5.02. The van der Waals surface area contributed by atoms with Gasteiger partial charge in [-0.1, -0.05) is 0 Å². The molecule has 1 rings (SSSR count). The largest absolute Gasteiger partial charge is 0.405 e. The Bertz CT molecular complexity index is 190. The number of nitrogens with zero attached hydrogens (tertiary/aromatic N) is 1. The van der Waals surface area contributed by atoms with Crippen LogP contribution in [0.3, 0.4) is 0 Å². The normalized spacial score (nSPS) is 23.0. The van der Waals surface area contributed by atoms with Crippen molar-refractivity contribution >= 4 is 0 Å². The maximum atomic E-state index is 12.5. The van der Waals surface area contributed by atoms with Crippen LogP contribution in [-0.4, -0.2) is 50.0 Å². The minimum absolute atomic E-state index is 0.0907. The number of ether oxygens (including phenoxy) is 1. The molecule has 0 saturated carbocycles. The van der Waals surface area contributed by atoms with Gasteiger partial charge in [-0.2, -0.15) is 13.2 Å². The van der Waals surface area contributed by atoms with Gasteiger partial charge in [0.25, 0.3) is 0 Å². The van der Waals surface area contributed by atoms with Crippen molar-refractivity contribution in [3.05, 3.63) is 0 Å². The van der Waals surface area contributed by atoms with Gasteiger partial charge >= 0.3 is 6.18 Å². The lowest BCUT2D eigenvalue weighted by Crippen LogP contribution is -2.53. The van der Waals surface area contributed by atoms with Gasteiger partial charge in [0.15, 0.2) is 0 Å². The van der Waals surface area contributed by atoms with Gasteiger partial charge < -0.3 is 10.5 Å². The maximum Gasteiger partial charge on any atom is 0.405 e. The van der Waals surface area contributed by atoms with Crippen LogP contribution in [0.25, 0.3) is 0 Å². The molecule has 1 aliphatic rings. The average Bonchev–Trinajstić information content (AvgIpc) is 2.18. The van der Waals surface area contributed by atoms with Gasteiger partial charge in [0.05, 0.1) is 6.10 Å². The van der Waals surface area contributed by atoms with Gasteiger partial charge in [-0.15, -0.1) is 0 Å². The van der Waals surface area contributed by atoms with Crippen molar-refractivity contribution in [2.45, 2.75) is 31.2 Å². The zero-order valence-corrected chi connectivity index (χ0v) is 8.76. The lowest BCUT2D eigenvalue weighted by Gasteiger charge is -2.37. The Hall–Kier alpha value is -0.330. The van der Waals surface area contributed by atoms with E-state index in [4.69, 9.17) is 10.5 Å². The molecule has 0 aliphatic carbocycles. The zero-order chi connectivity index (χ0) is 11.5. The van der Waals surface area contributed by atoms with E-state index in [0.29, 0.717) is 25.9 Å². The van der Waals surface area contributed by atoms with Crippen LogP contribution >= 0.6 is 0 Å². The highest BCUT2D eigenvalue weighted by Gasteiger charge is 2.43. The Kier molecular flexibility index (Phi) is 4.36. The van der Waals surface area contributed by atoms with Crippen molar-refractivity contribution in [3.8, 4) is 0 Å². The second-order valence-corrected chi connectivity index (χ2v) is 3.76. The molecule has 0 radical (unpaired) electrons. The van der Waals surface area contributed by atoms with Gasteiger partial charge in [-0.25, -0.2) is 0 Å². The first kappa shape index (κ1) is 12.7. The molecule has 1 fully saturated rings. The number of methoxy groups -OCH3 is 1. The van der Waals surface area contributed by atoms with Crippen LogP contribution in [0.2, 0.25) is 0 Å². The highest BCUT2D eigenvalue weighted by Crippen LogP contribution is 2.26. The van der Waals surface area contributed by atoms with Crippen molar-refractivity contribution in [2.75, 3.05) is 26.7 Å². The SMILES string of the molecule is COC1CCN(C(CN)C(F)(F)F)CC1. The number of rotatable bonds is 3. The molecule has 6 heteroatoms. The van der Waals surface area contributed by atoms with Gasteiger partial charge in [0.1, 0.15) is 6.04 Å². The number of piperidine rings is 1. The van der Waals surface area contributed by atoms with Crippen LogP contribution in [0.15, 0.2) is 0 Å². The minimum Gasteiger partial charge on any atom is -0.381 e. The van der Waals surface area contributed by atoms with E-state index in [2.05, 4.69) is 0 Å². The van der Waals surface area contributed by atoms with Crippen LogP contribution in [-0.2, 0) is 4.74 Å². The van der Waals surface area contributed by atoms with Gasteiger partial charge in [0, 0.05) is 26.7 Å². The lowest BCUT2D eigenvalue weighted by molar-refractivity contribution is -0.185. The molecule has 1 heterocycles. The number of hydrogen-bond donors (Lipinski definition) is 1. The molecule has 90 valence electrons. The Morgan fingerprint density at radius 3 is 2.27 bits per heavy atom. The van der Waals surface area contributed by atoms with Crippen molar-refractivity contribution in [2.24, 2.45) is 5.73 Å².